The van der Waals surface area contributed by atoms with Crippen LogP contribution in [0.25, 0.3) is 33.3 Å². The van der Waals surface area contributed by atoms with E-state index in [0.29, 0.717) is 0 Å². The monoisotopic (exact) mass is 306 g/mol. The molecule has 3 aromatic heterocycles. The van der Waals surface area contributed by atoms with E-state index >= 15 is 0 Å². The van der Waals surface area contributed by atoms with Crippen LogP contribution in [-0.2, 0) is 6.54 Å². The number of nitrogens with one attached hydrogen (secondary N) is 1. The van der Waals surface area contributed by atoms with E-state index in [4.69, 9.17) is 4.74 Å². The number of H-pyrrole nitrogens is 1. The molecule has 0 aliphatic rings. The maximum absolute atomic E-state index is 5.40. The van der Waals surface area contributed by atoms with Gasteiger partial charge in [0.25, 0.3) is 0 Å². The molecule has 5 nitrogen and oxygen atoms in total. The summed E-state index contributed by atoms with van der Waals surface area (Å²) < 4.78 is 7.69. The highest BCUT2D eigenvalue weighted by atomic mass is 16.5. The molecule has 0 saturated heterocycles. The van der Waals surface area contributed by atoms with E-state index in [1.165, 1.54) is 10.9 Å². The predicted molar refractivity (Wildman–Crippen MR) is 91.7 cm³/mol. The number of hydrogen-bond donors (Lipinski definition) is 1. The smallest absolute Gasteiger partial charge is 0.156 e. The standard InChI is InChI=1S/C18H18N4O/c1-3-8-22-11-14(13-9-12(23-2)4-5-17(13)22)15-10-16-18(21-15)20-7-6-19-16/h4-7,9-11H,3,8H2,1-2H3,(H,20,21). The lowest BCUT2D eigenvalue weighted by Gasteiger charge is -2.03. The van der Waals surface area contributed by atoms with Gasteiger partial charge in [0.2, 0.25) is 0 Å². The minimum absolute atomic E-state index is 0.807. The predicted octanol–water partition coefficient (Wildman–Crippen LogP) is 4.00. The molecule has 0 aliphatic heterocycles. The molecule has 0 atom stereocenters. The van der Waals surface area contributed by atoms with Crippen LogP contribution < -0.4 is 4.74 Å². The lowest BCUT2D eigenvalue weighted by molar-refractivity contribution is 0.415. The zero-order valence-electron chi connectivity index (χ0n) is 13.2. The molecule has 0 radical (unpaired) electrons. The summed E-state index contributed by atoms with van der Waals surface area (Å²) in [4.78, 5) is 12.1. The molecule has 0 unspecified atom stereocenters. The van der Waals surface area contributed by atoms with E-state index in [9.17, 15) is 0 Å². The number of methoxy groups -OCH3 is 1. The van der Waals surface area contributed by atoms with Gasteiger partial charge in [-0.05, 0) is 30.7 Å². The van der Waals surface area contributed by atoms with Crippen LogP contribution in [0.2, 0.25) is 0 Å². The quantitative estimate of drug-likeness (QED) is 0.620. The summed E-state index contributed by atoms with van der Waals surface area (Å²) >= 11 is 0. The Kier molecular flexibility index (Phi) is 3.26. The summed E-state index contributed by atoms with van der Waals surface area (Å²) in [6.45, 7) is 3.17. The second-order valence-electron chi connectivity index (χ2n) is 5.59. The Hall–Kier alpha value is -2.82. The zero-order valence-corrected chi connectivity index (χ0v) is 13.2. The van der Waals surface area contributed by atoms with Gasteiger partial charge in [-0.25, -0.2) is 4.98 Å². The molecule has 0 saturated carbocycles. The lowest BCUT2D eigenvalue weighted by Crippen LogP contribution is -1.93. The van der Waals surface area contributed by atoms with E-state index in [1.54, 1.807) is 19.5 Å². The number of benzene rings is 1. The molecular formula is C18H18N4O. The first-order chi connectivity index (χ1) is 11.3. The second-order valence-corrected chi connectivity index (χ2v) is 5.59. The van der Waals surface area contributed by atoms with Crippen molar-refractivity contribution in [3.05, 3.63) is 42.9 Å². The summed E-state index contributed by atoms with van der Waals surface area (Å²) in [5.74, 6) is 0.861. The van der Waals surface area contributed by atoms with Crippen LogP contribution in [0, 0.1) is 0 Å². The van der Waals surface area contributed by atoms with Crippen molar-refractivity contribution < 1.29 is 4.74 Å². The van der Waals surface area contributed by atoms with Gasteiger partial charge in [-0.1, -0.05) is 6.92 Å². The van der Waals surface area contributed by atoms with Crippen molar-refractivity contribution >= 4 is 22.1 Å². The summed E-state index contributed by atoms with van der Waals surface area (Å²) in [6, 6.07) is 8.26. The van der Waals surface area contributed by atoms with Gasteiger partial charge in [0.05, 0.1) is 12.8 Å². The highest BCUT2D eigenvalue weighted by Crippen LogP contribution is 2.33. The largest absolute Gasteiger partial charge is 0.497 e. The molecule has 5 heteroatoms. The van der Waals surface area contributed by atoms with E-state index < -0.39 is 0 Å². The van der Waals surface area contributed by atoms with Crippen LogP contribution in [0.3, 0.4) is 0 Å². The van der Waals surface area contributed by atoms with Crippen molar-refractivity contribution in [2.24, 2.45) is 0 Å². The maximum atomic E-state index is 5.40. The molecular weight excluding hydrogens is 288 g/mol. The molecule has 4 aromatic rings. The fourth-order valence-electron chi connectivity index (χ4n) is 3.04. The van der Waals surface area contributed by atoms with Crippen LogP contribution in [0.1, 0.15) is 13.3 Å². The van der Waals surface area contributed by atoms with Crippen molar-refractivity contribution in [1.82, 2.24) is 19.5 Å². The Balaban J connectivity index is 1.97. The van der Waals surface area contributed by atoms with Gasteiger partial charge in [0.15, 0.2) is 5.65 Å². The van der Waals surface area contributed by atoms with Crippen molar-refractivity contribution in [3.63, 3.8) is 0 Å². The normalized spacial score (nSPS) is 11.4. The van der Waals surface area contributed by atoms with E-state index in [0.717, 1.165) is 41.1 Å². The van der Waals surface area contributed by atoms with Gasteiger partial charge < -0.3 is 14.3 Å². The van der Waals surface area contributed by atoms with Crippen molar-refractivity contribution in [1.29, 1.82) is 0 Å². The van der Waals surface area contributed by atoms with Crippen molar-refractivity contribution in [2.45, 2.75) is 19.9 Å². The lowest BCUT2D eigenvalue weighted by atomic mass is 10.1. The number of aryl methyl sites for hydroxylation is 1. The van der Waals surface area contributed by atoms with E-state index in [-0.39, 0.29) is 0 Å². The number of hydrogen-bond acceptors (Lipinski definition) is 3. The van der Waals surface area contributed by atoms with Gasteiger partial charge in [0, 0.05) is 41.6 Å². The van der Waals surface area contributed by atoms with E-state index in [1.807, 2.05) is 12.1 Å². The summed E-state index contributed by atoms with van der Waals surface area (Å²) in [5, 5.41) is 1.17. The first kappa shape index (κ1) is 13.8. The Labute approximate surface area is 133 Å². The molecule has 0 amide bonds. The Morgan fingerprint density at radius 2 is 2.04 bits per heavy atom. The Morgan fingerprint density at radius 3 is 2.83 bits per heavy atom. The van der Waals surface area contributed by atoms with Gasteiger partial charge >= 0.3 is 0 Å². The van der Waals surface area contributed by atoms with Crippen LogP contribution in [0.4, 0.5) is 0 Å². The molecule has 1 N–H and O–H groups in total. The molecule has 23 heavy (non-hydrogen) atoms. The topological polar surface area (TPSA) is 55.7 Å². The van der Waals surface area contributed by atoms with Crippen LogP contribution in [-0.4, -0.2) is 26.6 Å². The number of aromatic nitrogens is 4. The van der Waals surface area contributed by atoms with Crippen LogP contribution in [0.5, 0.6) is 5.75 Å². The number of fused-ring (bicyclic) bond motifs is 2. The van der Waals surface area contributed by atoms with Gasteiger partial charge in [-0.2, -0.15) is 0 Å². The molecule has 0 aliphatic carbocycles. The molecule has 0 bridgehead atoms. The molecule has 1 aromatic carbocycles. The van der Waals surface area contributed by atoms with Gasteiger partial charge in [0.1, 0.15) is 11.3 Å². The zero-order chi connectivity index (χ0) is 15.8. The maximum Gasteiger partial charge on any atom is 0.156 e. The van der Waals surface area contributed by atoms with E-state index in [2.05, 4.69) is 44.8 Å². The van der Waals surface area contributed by atoms with Crippen molar-refractivity contribution in [2.75, 3.05) is 7.11 Å². The number of rotatable bonds is 4. The average molecular weight is 306 g/mol. The van der Waals surface area contributed by atoms with Gasteiger partial charge in [-0.3, -0.25) is 4.98 Å². The highest BCUT2D eigenvalue weighted by molar-refractivity contribution is 5.98. The number of ether oxygens (including phenoxy) is 1. The molecule has 116 valence electrons. The molecule has 4 rings (SSSR count). The number of nitrogens with zero attached hydrogens (tertiary/aromatic N) is 3. The summed E-state index contributed by atoms with van der Waals surface area (Å²) in [5.41, 5.74) is 5.07. The van der Waals surface area contributed by atoms with Crippen molar-refractivity contribution in [3.8, 4) is 17.0 Å². The minimum Gasteiger partial charge on any atom is -0.497 e. The van der Waals surface area contributed by atoms with Gasteiger partial charge in [-0.15, -0.1) is 0 Å². The summed E-state index contributed by atoms with van der Waals surface area (Å²) in [7, 11) is 1.70. The van der Waals surface area contributed by atoms with Crippen LogP contribution in [0.15, 0.2) is 42.9 Å². The minimum atomic E-state index is 0.807. The van der Waals surface area contributed by atoms with Crippen LogP contribution >= 0.6 is 0 Å². The molecule has 3 heterocycles. The first-order valence-corrected chi connectivity index (χ1v) is 7.77. The highest BCUT2D eigenvalue weighted by Gasteiger charge is 2.13. The third-order valence-corrected chi connectivity index (χ3v) is 4.10. The fourth-order valence-corrected chi connectivity index (χ4v) is 3.04. The Bertz CT molecular complexity index is 950. The SMILES string of the molecule is CCCn1cc(-c2cc3nccnc3[nH]2)c2cc(OC)ccc21. The Morgan fingerprint density at radius 1 is 1.17 bits per heavy atom. The number of aromatic amines is 1. The third-order valence-electron chi connectivity index (χ3n) is 4.10. The third kappa shape index (κ3) is 2.25. The second kappa shape index (κ2) is 5.43. The molecule has 0 fully saturated rings. The average Bonchev–Trinajstić information content (AvgIpc) is 3.16. The molecule has 0 spiro atoms. The summed E-state index contributed by atoms with van der Waals surface area (Å²) in [6.07, 6.45) is 6.69. The first-order valence-electron chi connectivity index (χ1n) is 7.77. The fraction of sp³-hybridized carbons (Fsp3) is 0.222.